The molecule has 2 aliphatic carbocycles. The van der Waals surface area contributed by atoms with Gasteiger partial charge in [-0.2, -0.15) is 5.26 Å². The van der Waals surface area contributed by atoms with E-state index in [9.17, 15) is 5.26 Å². The lowest BCUT2D eigenvalue weighted by molar-refractivity contribution is -0.176. The summed E-state index contributed by atoms with van der Waals surface area (Å²) in [4.78, 5) is 0. The Hall–Kier alpha value is -0.670. The lowest BCUT2D eigenvalue weighted by Crippen LogP contribution is -2.39. The van der Waals surface area contributed by atoms with Gasteiger partial charge >= 0.3 is 0 Å². The van der Waals surface area contributed by atoms with E-state index in [1.165, 1.54) is 0 Å². The van der Waals surface area contributed by atoms with Gasteiger partial charge in [-0.25, -0.2) is 0 Å². The third kappa shape index (κ3) is 1.75. The van der Waals surface area contributed by atoms with Crippen LogP contribution in [0.15, 0.2) is 0 Å². The van der Waals surface area contributed by atoms with E-state index in [4.69, 9.17) is 18.9 Å². The number of hydrogen-bond donors (Lipinski definition) is 0. The highest BCUT2D eigenvalue weighted by Crippen LogP contribution is 2.56. The van der Waals surface area contributed by atoms with Gasteiger partial charge in [-0.05, 0) is 38.5 Å². The predicted octanol–water partition coefficient (Wildman–Crippen LogP) is 1.82. The summed E-state index contributed by atoms with van der Waals surface area (Å²) in [6.07, 6.45) is 2.92. The molecule has 20 heavy (non-hydrogen) atoms. The van der Waals surface area contributed by atoms with Crippen LogP contribution in [0.3, 0.4) is 0 Å². The number of nitriles is 1. The van der Waals surface area contributed by atoms with Crippen molar-refractivity contribution in [2.45, 2.75) is 56.9 Å². The maximum atomic E-state index is 9.59. The van der Waals surface area contributed by atoms with Gasteiger partial charge in [0.2, 0.25) is 0 Å². The zero-order chi connectivity index (χ0) is 14.0. The fourth-order valence-corrected chi connectivity index (χ4v) is 4.67. The van der Waals surface area contributed by atoms with Crippen molar-refractivity contribution in [3.63, 3.8) is 0 Å². The highest BCUT2D eigenvalue weighted by molar-refractivity contribution is 5.11. The van der Waals surface area contributed by atoms with Crippen molar-refractivity contribution in [3.05, 3.63) is 0 Å². The Morgan fingerprint density at radius 3 is 2.35 bits per heavy atom. The maximum Gasteiger partial charge on any atom is 0.184 e. The first-order valence-corrected chi connectivity index (χ1v) is 7.56. The molecule has 1 spiro atoms. The molecule has 0 unspecified atom stereocenters. The van der Waals surface area contributed by atoms with Crippen LogP contribution in [0.4, 0.5) is 0 Å². The van der Waals surface area contributed by atoms with Crippen LogP contribution in [-0.2, 0) is 18.9 Å². The minimum Gasteiger partial charge on any atom is -0.346 e. The Labute approximate surface area is 119 Å². The molecular weight excluding hydrogens is 258 g/mol. The smallest absolute Gasteiger partial charge is 0.184 e. The predicted molar refractivity (Wildman–Crippen MR) is 68.4 cm³/mol. The van der Waals surface area contributed by atoms with E-state index in [1.807, 2.05) is 13.8 Å². The van der Waals surface area contributed by atoms with Gasteiger partial charge in [0.1, 0.15) is 5.92 Å². The Balaban J connectivity index is 1.58. The average Bonchev–Trinajstić information content (AvgIpc) is 3.01. The number of nitrogens with zero attached hydrogens (tertiary/aromatic N) is 1. The third-order valence-electron chi connectivity index (χ3n) is 5.29. The van der Waals surface area contributed by atoms with Crippen LogP contribution in [0, 0.1) is 29.1 Å². The van der Waals surface area contributed by atoms with Gasteiger partial charge in [0.05, 0.1) is 31.5 Å². The van der Waals surface area contributed by atoms with Crippen LogP contribution in [0.2, 0.25) is 0 Å². The summed E-state index contributed by atoms with van der Waals surface area (Å²) >= 11 is 0. The minimum absolute atomic E-state index is 0.110. The van der Waals surface area contributed by atoms with Crippen molar-refractivity contribution in [1.29, 1.82) is 5.26 Å². The maximum absolute atomic E-state index is 9.59. The minimum atomic E-state index is -0.655. The van der Waals surface area contributed by atoms with Gasteiger partial charge < -0.3 is 18.9 Å². The number of rotatable bonds is 0. The first-order valence-electron chi connectivity index (χ1n) is 7.56. The second kappa shape index (κ2) is 4.17. The first-order chi connectivity index (χ1) is 9.53. The van der Waals surface area contributed by atoms with E-state index in [-0.39, 0.29) is 18.1 Å². The zero-order valence-electron chi connectivity index (χ0n) is 12.0. The third-order valence-corrected chi connectivity index (χ3v) is 5.29. The van der Waals surface area contributed by atoms with Gasteiger partial charge in [0.15, 0.2) is 11.6 Å². The Bertz CT molecular complexity index is 451. The van der Waals surface area contributed by atoms with Gasteiger partial charge in [-0.3, -0.25) is 0 Å². The van der Waals surface area contributed by atoms with E-state index in [0.29, 0.717) is 25.0 Å². The van der Waals surface area contributed by atoms with Crippen LogP contribution in [0.1, 0.15) is 33.1 Å². The Morgan fingerprint density at radius 1 is 1.05 bits per heavy atom. The summed E-state index contributed by atoms with van der Waals surface area (Å²) in [6.45, 7) is 5.14. The van der Waals surface area contributed by atoms with Crippen molar-refractivity contribution in [1.82, 2.24) is 0 Å². The van der Waals surface area contributed by atoms with E-state index < -0.39 is 11.6 Å². The van der Waals surface area contributed by atoms with Crippen LogP contribution in [0.25, 0.3) is 0 Å². The fraction of sp³-hybridized carbons (Fsp3) is 0.933. The van der Waals surface area contributed by atoms with Crippen LogP contribution >= 0.6 is 0 Å². The SMILES string of the molecule is CC1(C)O[C@H]2C[C@@H]3CC4(OCCO4)[C@@H](C#N)[C@@H]3C[C@H]2O1. The van der Waals surface area contributed by atoms with Crippen LogP contribution in [0.5, 0.6) is 0 Å². The van der Waals surface area contributed by atoms with E-state index in [0.717, 1.165) is 19.3 Å². The standard InChI is InChI=1S/C15H21NO4/c1-14(2)19-12-5-9-7-15(17-3-4-18-15)11(8-16)10(9)6-13(12)20-14/h9-13H,3-7H2,1-2H3/t9-,10-,11+,12+,13-/m1/s1. The van der Waals surface area contributed by atoms with E-state index >= 15 is 0 Å². The molecule has 110 valence electrons. The molecule has 0 aromatic carbocycles. The molecule has 5 nitrogen and oxygen atoms in total. The molecule has 4 fully saturated rings. The van der Waals surface area contributed by atoms with Gasteiger partial charge in [0.25, 0.3) is 0 Å². The summed E-state index contributed by atoms with van der Waals surface area (Å²) in [5.74, 6) is -0.580. The molecule has 2 aliphatic heterocycles. The second-order valence-corrected chi connectivity index (χ2v) is 6.93. The summed E-state index contributed by atoms with van der Waals surface area (Å²) in [7, 11) is 0. The topological polar surface area (TPSA) is 60.7 Å². The van der Waals surface area contributed by atoms with Gasteiger partial charge in [-0.15, -0.1) is 0 Å². The highest BCUT2D eigenvalue weighted by Gasteiger charge is 2.61. The number of hydrogen-bond acceptors (Lipinski definition) is 5. The molecule has 2 saturated carbocycles. The molecule has 5 atom stereocenters. The number of ether oxygens (including phenoxy) is 4. The van der Waals surface area contributed by atoms with Crippen LogP contribution in [-0.4, -0.2) is 37.0 Å². The van der Waals surface area contributed by atoms with Gasteiger partial charge in [0, 0.05) is 6.42 Å². The lowest BCUT2D eigenvalue weighted by Gasteiger charge is -2.33. The molecule has 2 saturated heterocycles. The molecule has 0 aromatic rings. The summed E-state index contributed by atoms with van der Waals surface area (Å²) in [5.41, 5.74) is 0. The van der Waals surface area contributed by atoms with Crippen molar-refractivity contribution < 1.29 is 18.9 Å². The molecule has 5 heteroatoms. The molecule has 0 radical (unpaired) electrons. The van der Waals surface area contributed by atoms with Crippen molar-refractivity contribution >= 4 is 0 Å². The highest BCUT2D eigenvalue weighted by atomic mass is 16.8. The average molecular weight is 279 g/mol. The fourth-order valence-electron chi connectivity index (χ4n) is 4.67. The molecule has 4 rings (SSSR count). The molecule has 0 amide bonds. The Morgan fingerprint density at radius 2 is 1.70 bits per heavy atom. The summed E-state index contributed by atoms with van der Waals surface area (Å²) < 4.78 is 23.7. The monoisotopic (exact) mass is 279 g/mol. The van der Waals surface area contributed by atoms with Crippen molar-refractivity contribution in [3.8, 4) is 6.07 Å². The Kier molecular flexibility index (Phi) is 2.72. The molecule has 0 aromatic heterocycles. The molecule has 2 heterocycles. The molecule has 4 aliphatic rings. The first kappa shape index (κ1) is 13.0. The molecular formula is C15H21NO4. The van der Waals surface area contributed by atoms with Gasteiger partial charge in [-0.1, -0.05) is 0 Å². The normalized spacial score (nSPS) is 48.0. The van der Waals surface area contributed by atoms with Crippen molar-refractivity contribution in [2.24, 2.45) is 17.8 Å². The van der Waals surface area contributed by atoms with Crippen LogP contribution < -0.4 is 0 Å². The molecule has 0 bridgehead atoms. The summed E-state index contributed by atoms with van der Waals surface area (Å²) in [6, 6.07) is 2.45. The number of fused-ring (bicyclic) bond motifs is 2. The van der Waals surface area contributed by atoms with E-state index in [1.54, 1.807) is 0 Å². The lowest BCUT2D eigenvalue weighted by atomic mass is 9.75. The summed E-state index contributed by atoms with van der Waals surface area (Å²) in [5, 5.41) is 9.59. The largest absolute Gasteiger partial charge is 0.346 e. The van der Waals surface area contributed by atoms with E-state index in [2.05, 4.69) is 6.07 Å². The zero-order valence-corrected chi connectivity index (χ0v) is 12.0. The second-order valence-electron chi connectivity index (χ2n) is 6.93. The molecule has 0 N–H and O–H groups in total. The van der Waals surface area contributed by atoms with Crippen molar-refractivity contribution in [2.75, 3.05) is 13.2 Å². The quantitative estimate of drug-likeness (QED) is 0.677.